The first-order chi connectivity index (χ1) is 6.40. The number of nitrogens with zero attached hydrogens (tertiary/aromatic N) is 1. The standard InChI is InChI=1S/C11H17NO2/c1-5-9(7-6-8-12)10(13)14-11(2,3)4/h5,9H,1,6-7H2,2-4H3. The van der Waals surface area contributed by atoms with Crippen LogP contribution in [0.25, 0.3) is 0 Å². The highest BCUT2D eigenvalue weighted by Gasteiger charge is 2.22. The van der Waals surface area contributed by atoms with E-state index in [1.807, 2.05) is 26.8 Å². The quantitative estimate of drug-likeness (QED) is 0.511. The molecule has 0 aromatic rings. The molecule has 0 saturated heterocycles. The summed E-state index contributed by atoms with van der Waals surface area (Å²) in [6, 6.07) is 1.99. The summed E-state index contributed by atoms with van der Waals surface area (Å²) in [5, 5.41) is 8.39. The predicted octanol–water partition coefficient (Wildman–Crippen LogP) is 2.43. The first-order valence-corrected chi connectivity index (χ1v) is 4.63. The van der Waals surface area contributed by atoms with Crippen LogP contribution in [0.3, 0.4) is 0 Å². The zero-order chi connectivity index (χ0) is 11.2. The zero-order valence-electron chi connectivity index (χ0n) is 9.04. The second kappa shape index (κ2) is 5.43. The van der Waals surface area contributed by atoms with Crippen LogP contribution in [0.4, 0.5) is 0 Å². The van der Waals surface area contributed by atoms with Crippen molar-refractivity contribution >= 4 is 5.97 Å². The van der Waals surface area contributed by atoms with Gasteiger partial charge in [0.05, 0.1) is 12.0 Å². The molecular formula is C11H17NO2. The number of esters is 1. The molecule has 0 rings (SSSR count). The van der Waals surface area contributed by atoms with Gasteiger partial charge in [-0.2, -0.15) is 5.26 Å². The van der Waals surface area contributed by atoms with Gasteiger partial charge in [0.15, 0.2) is 0 Å². The van der Waals surface area contributed by atoms with E-state index in [1.165, 1.54) is 6.08 Å². The van der Waals surface area contributed by atoms with Crippen molar-refractivity contribution in [2.24, 2.45) is 5.92 Å². The second-order valence-corrected chi connectivity index (χ2v) is 4.07. The van der Waals surface area contributed by atoms with E-state index in [0.717, 1.165) is 0 Å². The summed E-state index contributed by atoms with van der Waals surface area (Å²) in [4.78, 5) is 11.5. The van der Waals surface area contributed by atoms with Gasteiger partial charge in [0.25, 0.3) is 0 Å². The molecule has 0 aliphatic rings. The van der Waals surface area contributed by atoms with Crippen LogP contribution in [0.15, 0.2) is 12.7 Å². The normalized spacial score (nSPS) is 12.7. The van der Waals surface area contributed by atoms with Crippen molar-refractivity contribution in [1.29, 1.82) is 5.26 Å². The molecule has 0 heterocycles. The number of hydrogen-bond acceptors (Lipinski definition) is 3. The van der Waals surface area contributed by atoms with Crippen LogP contribution < -0.4 is 0 Å². The summed E-state index contributed by atoms with van der Waals surface area (Å²) >= 11 is 0. The van der Waals surface area contributed by atoms with Crippen molar-refractivity contribution in [3.63, 3.8) is 0 Å². The Kier molecular flexibility index (Phi) is 4.93. The lowest BCUT2D eigenvalue weighted by atomic mass is 10.0. The van der Waals surface area contributed by atoms with Gasteiger partial charge in [-0.25, -0.2) is 0 Å². The van der Waals surface area contributed by atoms with E-state index < -0.39 is 5.60 Å². The highest BCUT2D eigenvalue weighted by atomic mass is 16.6. The Morgan fingerprint density at radius 3 is 2.57 bits per heavy atom. The van der Waals surface area contributed by atoms with Gasteiger partial charge in [0.2, 0.25) is 0 Å². The Morgan fingerprint density at radius 2 is 2.21 bits per heavy atom. The van der Waals surface area contributed by atoms with Gasteiger partial charge in [-0.1, -0.05) is 6.08 Å². The molecule has 0 bridgehead atoms. The molecule has 78 valence electrons. The van der Waals surface area contributed by atoms with Crippen LogP contribution in [-0.2, 0) is 9.53 Å². The van der Waals surface area contributed by atoms with E-state index in [0.29, 0.717) is 12.8 Å². The van der Waals surface area contributed by atoms with Crippen molar-refractivity contribution in [3.8, 4) is 6.07 Å². The van der Waals surface area contributed by atoms with Gasteiger partial charge in [0.1, 0.15) is 5.60 Å². The topological polar surface area (TPSA) is 50.1 Å². The summed E-state index contributed by atoms with van der Waals surface area (Å²) in [7, 11) is 0. The Bertz CT molecular complexity index is 245. The van der Waals surface area contributed by atoms with E-state index in [4.69, 9.17) is 10.00 Å². The van der Waals surface area contributed by atoms with Gasteiger partial charge in [-0.05, 0) is 27.2 Å². The molecule has 14 heavy (non-hydrogen) atoms. The highest BCUT2D eigenvalue weighted by molar-refractivity contribution is 5.74. The third-order valence-electron chi connectivity index (χ3n) is 1.56. The number of hydrogen-bond donors (Lipinski definition) is 0. The number of nitriles is 1. The summed E-state index contributed by atoms with van der Waals surface area (Å²) < 4.78 is 5.17. The molecule has 0 radical (unpaired) electrons. The van der Waals surface area contributed by atoms with Crippen LogP contribution in [0.1, 0.15) is 33.6 Å². The smallest absolute Gasteiger partial charge is 0.313 e. The first-order valence-electron chi connectivity index (χ1n) is 4.63. The molecule has 1 unspecified atom stereocenters. The molecule has 1 atom stereocenters. The maximum Gasteiger partial charge on any atom is 0.313 e. The molecule has 3 heteroatoms. The molecule has 0 N–H and O–H groups in total. The van der Waals surface area contributed by atoms with Crippen LogP contribution in [-0.4, -0.2) is 11.6 Å². The van der Waals surface area contributed by atoms with E-state index >= 15 is 0 Å². The molecule has 0 aromatic heterocycles. The lowest BCUT2D eigenvalue weighted by Crippen LogP contribution is -2.27. The second-order valence-electron chi connectivity index (χ2n) is 4.07. The lowest BCUT2D eigenvalue weighted by molar-refractivity contribution is -0.158. The molecule has 0 amide bonds. The minimum absolute atomic E-state index is 0.303. The summed E-state index contributed by atoms with van der Waals surface area (Å²) in [6.07, 6.45) is 2.36. The van der Waals surface area contributed by atoms with Crippen molar-refractivity contribution in [2.45, 2.75) is 39.2 Å². The largest absolute Gasteiger partial charge is 0.460 e. The van der Waals surface area contributed by atoms with E-state index in [1.54, 1.807) is 0 Å². The predicted molar refractivity (Wildman–Crippen MR) is 54.4 cm³/mol. The molecule has 0 spiro atoms. The number of ether oxygens (including phenoxy) is 1. The minimum Gasteiger partial charge on any atom is -0.460 e. The maximum atomic E-state index is 11.5. The summed E-state index contributed by atoms with van der Waals surface area (Å²) in [6.45, 7) is 9.00. The Balaban J connectivity index is 4.19. The summed E-state index contributed by atoms with van der Waals surface area (Å²) in [5.41, 5.74) is -0.481. The van der Waals surface area contributed by atoms with Crippen LogP contribution in [0.5, 0.6) is 0 Å². The first kappa shape index (κ1) is 12.7. The fourth-order valence-corrected chi connectivity index (χ4v) is 0.929. The van der Waals surface area contributed by atoms with Crippen LogP contribution >= 0.6 is 0 Å². The average molecular weight is 195 g/mol. The molecule has 0 fully saturated rings. The number of carbonyl (C=O) groups excluding carboxylic acids is 1. The molecular weight excluding hydrogens is 178 g/mol. The van der Waals surface area contributed by atoms with E-state index in [9.17, 15) is 4.79 Å². The van der Waals surface area contributed by atoms with Crippen molar-refractivity contribution < 1.29 is 9.53 Å². The van der Waals surface area contributed by atoms with Crippen LogP contribution in [0.2, 0.25) is 0 Å². The number of carbonyl (C=O) groups is 1. The van der Waals surface area contributed by atoms with Gasteiger partial charge in [-0.15, -0.1) is 6.58 Å². The fourth-order valence-electron chi connectivity index (χ4n) is 0.929. The Morgan fingerprint density at radius 1 is 1.64 bits per heavy atom. The molecule has 0 saturated carbocycles. The van der Waals surface area contributed by atoms with Gasteiger partial charge in [-0.3, -0.25) is 4.79 Å². The summed E-state index contributed by atoms with van der Waals surface area (Å²) in [5.74, 6) is -0.670. The van der Waals surface area contributed by atoms with Gasteiger partial charge in [0, 0.05) is 6.42 Å². The van der Waals surface area contributed by atoms with Crippen molar-refractivity contribution in [3.05, 3.63) is 12.7 Å². The highest BCUT2D eigenvalue weighted by Crippen LogP contribution is 2.15. The zero-order valence-corrected chi connectivity index (χ0v) is 9.04. The lowest BCUT2D eigenvalue weighted by Gasteiger charge is -2.22. The van der Waals surface area contributed by atoms with Gasteiger partial charge < -0.3 is 4.74 Å². The average Bonchev–Trinajstić information content (AvgIpc) is 2.02. The van der Waals surface area contributed by atoms with Crippen molar-refractivity contribution in [1.82, 2.24) is 0 Å². The number of rotatable bonds is 4. The Hall–Kier alpha value is -1.30. The fraction of sp³-hybridized carbons (Fsp3) is 0.636. The maximum absolute atomic E-state index is 11.5. The van der Waals surface area contributed by atoms with Gasteiger partial charge >= 0.3 is 5.97 Å². The van der Waals surface area contributed by atoms with E-state index in [2.05, 4.69) is 6.58 Å². The molecule has 0 aliphatic heterocycles. The molecule has 0 aliphatic carbocycles. The SMILES string of the molecule is C=CC(CCC#N)C(=O)OC(C)(C)C. The molecule has 3 nitrogen and oxygen atoms in total. The minimum atomic E-state index is -0.481. The van der Waals surface area contributed by atoms with Crippen molar-refractivity contribution in [2.75, 3.05) is 0 Å². The molecule has 0 aromatic carbocycles. The van der Waals surface area contributed by atoms with Crippen LogP contribution in [0, 0.1) is 17.2 Å². The van der Waals surface area contributed by atoms with E-state index in [-0.39, 0.29) is 11.9 Å². The third kappa shape index (κ3) is 5.36. The third-order valence-corrected chi connectivity index (χ3v) is 1.56. The Labute approximate surface area is 85.4 Å². The monoisotopic (exact) mass is 195 g/mol.